The molecular formula is C22H31N3O2. The molecule has 27 heavy (non-hydrogen) atoms. The molecule has 0 unspecified atom stereocenters. The highest BCUT2D eigenvalue weighted by Crippen LogP contribution is 2.31. The number of hydrogen-bond acceptors (Lipinski definition) is 4. The Hall–Kier alpha value is -2.11. The zero-order valence-electron chi connectivity index (χ0n) is 16.4. The fraction of sp³-hybridized carbons (Fsp3) is 0.500. The minimum Gasteiger partial charge on any atom is -0.493 e. The van der Waals surface area contributed by atoms with Gasteiger partial charge in [-0.3, -0.25) is 15.1 Å². The molecule has 3 N–H and O–H groups in total. The summed E-state index contributed by atoms with van der Waals surface area (Å²) < 4.78 is 6.17. The van der Waals surface area contributed by atoms with Crippen molar-refractivity contribution < 1.29 is 9.53 Å². The summed E-state index contributed by atoms with van der Waals surface area (Å²) in [7, 11) is 0. The number of nitrogens with one attached hydrogen (secondary N) is 1. The zero-order chi connectivity index (χ0) is 19.2. The molecule has 3 rings (SSSR count). The van der Waals surface area contributed by atoms with Crippen LogP contribution in [0.2, 0.25) is 0 Å². The van der Waals surface area contributed by atoms with E-state index in [0.717, 1.165) is 51.3 Å². The third kappa shape index (κ3) is 4.99. The first-order chi connectivity index (χ1) is 13.1. The first-order valence-corrected chi connectivity index (χ1v) is 9.94. The summed E-state index contributed by atoms with van der Waals surface area (Å²) in [4.78, 5) is 14.2. The van der Waals surface area contributed by atoms with E-state index in [1.807, 2.05) is 0 Å². The number of rotatable bonds is 7. The molecule has 1 fully saturated rings. The smallest absolute Gasteiger partial charge is 0.237 e. The molecule has 2 aromatic rings. The monoisotopic (exact) mass is 369 g/mol. The number of nitrogens with zero attached hydrogens (tertiary/aromatic N) is 1. The summed E-state index contributed by atoms with van der Waals surface area (Å²) in [5, 5.41) is 2.49. The van der Waals surface area contributed by atoms with Crippen molar-refractivity contribution in [2.45, 2.75) is 39.7 Å². The van der Waals surface area contributed by atoms with Gasteiger partial charge in [-0.1, -0.05) is 44.2 Å². The lowest BCUT2D eigenvalue weighted by Crippen LogP contribution is -2.42. The molecule has 5 heteroatoms. The summed E-state index contributed by atoms with van der Waals surface area (Å²) in [5.74, 6) is 6.87. The molecule has 1 amide bonds. The van der Waals surface area contributed by atoms with E-state index in [0.29, 0.717) is 5.92 Å². The Kier molecular flexibility index (Phi) is 6.69. The van der Waals surface area contributed by atoms with Gasteiger partial charge >= 0.3 is 0 Å². The van der Waals surface area contributed by atoms with Crippen LogP contribution in [0.1, 0.15) is 38.7 Å². The van der Waals surface area contributed by atoms with Gasteiger partial charge in [-0.2, -0.15) is 0 Å². The number of piperidine rings is 1. The highest BCUT2D eigenvalue weighted by atomic mass is 16.5. The van der Waals surface area contributed by atoms with Gasteiger partial charge in [0.2, 0.25) is 5.91 Å². The van der Waals surface area contributed by atoms with Gasteiger partial charge in [0.15, 0.2) is 0 Å². The second kappa shape index (κ2) is 9.20. The van der Waals surface area contributed by atoms with E-state index < -0.39 is 0 Å². The fourth-order valence-electron chi connectivity index (χ4n) is 3.71. The second-order valence-corrected chi connectivity index (χ2v) is 7.85. The Morgan fingerprint density at radius 2 is 1.96 bits per heavy atom. The second-order valence-electron chi connectivity index (χ2n) is 7.85. The predicted octanol–water partition coefficient (Wildman–Crippen LogP) is 3.47. The number of nitrogens with two attached hydrogens (primary N) is 1. The van der Waals surface area contributed by atoms with Gasteiger partial charge in [-0.15, -0.1) is 0 Å². The SMILES string of the molecule is CC(C)CCOc1ccc2ccccc2c1CN1CCC(C(=O)NN)CC1. The lowest BCUT2D eigenvalue weighted by molar-refractivity contribution is -0.126. The van der Waals surface area contributed by atoms with E-state index in [9.17, 15) is 4.79 Å². The van der Waals surface area contributed by atoms with Crippen LogP contribution in [0.4, 0.5) is 0 Å². The predicted molar refractivity (Wildman–Crippen MR) is 109 cm³/mol. The number of hydrazine groups is 1. The number of benzene rings is 2. The number of likely N-dealkylation sites (tertiary alicyclic amines) is 1. The maximum atomic E-state index is 11.8. The first-order valence-electron chi connectivity index (χ1n) is 9.94. The number of hydrogen-bond donors (Lipinski definition) is 2. The number of ether oxygens (including phenoxy) is 1. The van der Waals surface area contributed by atoms with Crippen molar-refractivity contribution in [3.63, 3.8) is 0 Å². The quantitative estimate of drug-likeness (QED) is 0.445. The van der Waals surface area contributed by atoms with E-state index in [-0.39, 0.29) is 11.8 Å². The van der Waals surface area contributed by atoms with Crippen LogP contribution in [0, 0.1) is 11.8 Å². The van der Waals surface area contributed by atoms with Crippen LogP contribution in [-0.4, -0.2) is 30.5 Å². The summed E-state index contributed by atoms with van der Waals surface area (Å²) in [6.07, 6.45) is 2.74. The van der Waals surface area contributed by atoms with E-state index in [1.54, 1.807) is 0 Å². The number of carbonyl (C=O) groups excluding carboxylic acids is 1. The molecule has 5 nitrogen and oxygen atoms in total. The van der Waals surface area contributed by atoms with E-state index in [1.165, 1.54) is 16.3 Å². The average molecular weight is 370 g/mol. The van der Waals surface area contributed by atoms with Crippen LogP contribution >= 0.6 is 0 Å². The summed E-state index contributed by atoms with van der Waals surface area (Å²) >= 11 is 0. The number of amides is 1. The molecule has 0 spiro atoms. The molecule has 0 saturated carbocycles. The van der Waals surface area contributed by atoms with Crippen molar-refractivity contribution >= 4 is 16.7 Å². The van der Waals surface area contributed by atoms with Crippen molar-refractivity contribution in [2.75, 3.05) is 19.7 Å². The van der Waals surface area contributed by atoms with Gasteiger partial charge < -0.3 is 4.74 Å². The molecule has 0 bridgehead atoms. The Bertz CT molecular complexity index is 767. The lowest BCUT2D eigenvalue weighted by Gasteiger charge is -2.31. The standard InChI is InChI=1S/C22H31N3O2/c1-16(2)11-14-27-21-8-7-17-5-3-4-6-19(17)20(21)15-25-12-9-18(10-13-25)22(26)24-23/h3-8,16,18H,9-15,23H2,1-2H3,(H,24,26). The summed E-state index contributed by atoms with van der Waals surface area (Å²) in [6.45, 7) is 7.80. The molecule has 0 aromatic heterocycles. The van der Waals surface area contributed by atoms with E-state index in [4.69, 9.17) is 10.6 Å². The number of fused-ring (bicyclic) bond motifs is 1. The maximum absolute atomic E-state index is 11.8. The van der Waals surface area contributed by atoms with Crippen molar-refractivity contribution in [2.24, 2.45) is 17.7 Å². The average Bonchev–Trinajstić information content (AvgIpc) is 2.69. The van der Waals surface area contributed by atoms with Crippen molar-refractivity contribution in [1.82, 2.24) is 10.3 Å². The molecule has 2 aromatic carbocycles. The van der Waals surface area contributed by atoms with Crippen LogP contribution in [0.3, 0.4) is 0 Å². The number of carbonyl (C=O) groups is 1. The highest BCUT2D eigenvalue weighted by Gasteiger charge is 2.25. The lowest BCUT2D eigenvalue weighted by atomic mass is 9.95. The Morgan fingerprint density at radius 1 is 1.22 bits per heavy atom. The van der Waals surface area contributed by atoms with Crippen LogP contribution in [-0.2, 0) is 11.3 Å². The molecule has 0 aliphatic carbocycles. The molecule has 0 radical (unpaired) electrons. The van der Waals surface area contributed by atoms with Gasteiger partial charge in [-0.25, -0.2) is 5.84 Å². The van der Waals surface area contributed by atoms with Gasteiger partial charge in [0.1, 0.15) is 5.75 Å². The van der Waals surface area contributed by atoms with Crippen LogP contribution in [0.15, 0.2) is 36.4 Å². The third-order valence-corrected chi connectivity index (χ3v) is 5.43. The van der Waals surface area contributed by atoms with Crippen LogP contribution in [0.5, 0.6) is 5.75 Å². The Balaban J connectivity index is 1.76. The Labute approximate surface area is 161 Å². The van der Waals surface area contributed by atoms with Gasteiger partial charge in [0.05, 0.1) is 6.61 Å². The summed E-state index contributed by atoms with van der Waals surface area (Å²) in [5.41, 5.74) is 3.54. The van der Waals surface area contributed by atoms with Crippen molar-refractivity contribution in [3.8, 4) is 5.75 Å². The normalized spacial score (nSPS) is 16.0. The van der Waals surface area contributed by atoms with E-state index >= 15 is 0 Å². The molecule has 1 aliphatic heterocycles. The molecule has 146 valence electrons. The van der Waals surface area contributed by atoms with Crippen LogP contribution < -0.4 is 16.0 Å². The van der Waals surface area contributed by atoms with Gasteiger partial charge in [0.25, 0.3) is 0 Å². The third-order valence-electron chi connectivity index (χ3n) is 5.43. The Morgan fingerprint density at radius 3 is 2.67 bits per heavy atom. The topological polar surface area (TPSA) is 67.6 Å². The molecule has 1 saturated heterocycles. The first kappa shape index (κ1) is 19.6. The van der Waals surface area contributed by atoms with Gasteiger partial charge in [-0.05, 0) is 55.1 Å². The zero-order valence-corrected chi connectivity index (χ0v) is 16.4. The molecule has 1 aliphatic rings. The van der Waals surface area contributed by atoms with Crippen LogP contribution in [0.25, 0.3) is 10.8 Å². The minimum atomic E-state index is -0.0440. The van der Waals surface area contributed by atoms with Crippen molar-refractivity contribution in [1.29, 1.82) is 0 Å². The highest BCUT2D eigenvalue weighted by molar-refractivity contribution is 5.87. The fourth-order valence-corrected chi connectivity index (χ4v) is 3.71. The minimum absolute atomic E-state index is 0.0283. The molecule has 1 heterocycles. The summed E-state index contributed by atoms with van der Waals surface area (Å²) in [6, 6.07) is 12.7. The van der Waals surface area contributed by atoms with Crippen molar-refractivity contribution in [3.05, 3.63) is 42.0 Å². The molecule has 0 atom stereocenters. The maximum Gasteiger partial charge on any atom is 0.237 e. The largest absolute Gasteiger partial charge is 0.493 e. The molecular weight excluding hydrogens is 338 g/mol. The van der Waals surface area contributed by atoms with Gasteiger partial charge in [0, 0.05) is 18.0 Å². The van der Waals surface area contributed by atoms with E-state index in [2.05, 4.69) is 60.6 Å².